The van der Waals surface area contributed by atoms with Crippen molar-refractivity contribution in [2.45, 2.75) is 39.2 Å². The SMILES string of the molecule is COc1ccc(-c2nc(CN3CCCC(c4cccc(C)c4)C3)c(C)o2)c(OC)c1. The van der Waals surface area contributed by atoms with Gasteiger partial charge in [-0.25, -0.2) is 4.98 Å². The summed E-state index contributed by atoms with van der Waals surface area (Å²) in [6.45, 7) is 7.10. The van der Waals surface area contributed by atoms with Crippen LogP contribution in [-0.2, 0) is 6.54 Å². The van der Waals surface area contributed by atoms with Crippen LogP contribution in [0.25, 0.3) is 11.5 Å². The zero-order valence-corrected chi connectivity index (χ0v) is 18.3. The first-order chi connectivity index (χ1) is 14.6. The number of benzene rings is 2. The fourth-order valence-electron chi connectivity index (χ4n) is 4.27. The van der Waals surface area contributed by atoms with Crippen LogP contribution in [0, 0.1) is 13.8 Å². The molecule has 4 rings (SSSR count). The minimum absolute atomic E-state index is 0.576. The van der Waals surface area contributed by atoms with Crippen molar-refractivity contribution in [1.29, 1.82) is 0 Å². The van der Waals surface area contributed by atoms with E-state index in [0.717, 1.165) is 42.4 Å². The summed E-state index contributed by atoms with van der Waals surface area (Å²) >= 11 is 0. The molecule has 1 aliphatic rings. The number of hydrogen-bond acceptors (Lipinski definition) is 5. The smallest absolute Gasteiger partial charge is 0.230 e. The maximum Gasteiger partial charge on any atom is 0.230 e. The summed E-state index contributed by atoms with van der Waals surface area (Å²) in [7, 11) is 3.29. The van der Waals surface area contributed by atoms with E-state index in [2.05, 4.69) is 36.1 Å². The van der Waals surface area contributed by atoms with E-state index in [1.807, 2.05) is 25.1 Å². The molecule has 1 aromatic heterocycles. The second-order valence-electron chi connectivity index (χ2n) is 8.08. The van der Waals surface area contributed by atoms with Crippen molar-refractivity contribution in [1.82, 2.24) is 9.88 Å². The van der Waals surface area contributed by atoms with Crippen LogP contribution in [0.4, 0.5) is 0 Å². The summed E-state index contributed by atoms with van der Waals surface area (Å²) < 4.78 is 16.8. The molecule has 0 bridgehead atoms. The van der Waals surface area contributed by atoms with Gasteiger partial charge in [0.2, 0.25) is 5.89 Å². The Morgan fingerprint density at radius 3 is 2.73 bits per heavy atom. The van der Waals surface area contributed by atoms with E-state index in [-0.39, 0.29) is 0 Å². The number of likely N-dealkylation sites (tertiary alicyclic amines) is 1. The lowest BCUT2D eigenvalue weighted by molar-refractivity contribution is 0.197. The minimum atomic E-state index is 0.576. The highest BCUT2D eigenvalue weighted by molar-refractivity contribution is 5.65. The average Bonchev–Trinajstić information content (AvgIpc) is 3.13. The molecule has 0 spiro atoms. The van der Waals surface area contributed by atoms with Gasteiger partial charge < -0.3 is 13.9 Å². The average molecular weight is 407 g/mol. The first-order valence-electron chi connectivity index (χ1n) is 10.5. The molecule has 1 unspecified atom stereocenters. The van der Waals surface area contributed by atoms with Gasteiger partial charge in [0.25, 0.3) is 0 Å². The lowest BCUT2D eigenvalue weighted by atomic mass is 9.90. The molecule has 0 aliphatic carbocycles. The predicted molar refractivity (Wildman–Crippen MR) is 118 cm³/mol. The summed E-state index contributed by atoms with van der Waals surface area (Å²) in [6, 6.07) is 14.6. The number of aryl methyl sites for hydroxylation is 2. The summed E-state index contributed by atoms with van der Waals surface area (Å²) in [5, 5.41) is 0. The Morgan fingerprint density at radius 1 is 1.10 bits per heavy atom. The largest absolute Gasteiger partial charge is 0.497 e. The van der Waals surface area contributed by atoms with Crippen LogP contribution in [0.2, 0.25) is 0 Å². The normalized spacial score (nSPS) is 17.1. The Morgan fingerprint density at radius 2 is 1.97 bits per heavy atom. The number of ether oxygens (including phenoxy) is 2. The standard InChI is InChI=1S/C25H30N2O3/c1-17-7-5-8-19(13-17)20-9-6-12-27(15-20)16-23-18(2)30-25(26-23)22-11-10-21(28-3)14-24(22)29-4/h5,7-8,10-11,13-14,20H,6,9,12,15-16H2,1-4H3. The molecule has 1 saturated heterocycles. The third kappa shape index (κ3) is 4.36. The van der Waals surface area contributed by atoms with Gasteiger partial charge in [0.05, 0.1) is 25.5 Å². The van der Waals surface area contributed by atoms with Gasteiger partial charge >= 0.3 is 0 Å². The van der Waals surface area contributed by atoms with E-state index in [4.69, 9.17) is 18.9 Å². The molecule has 5 nitrogen and oxygen atoms in total. The molecule has 1 atom stereocenters. The molecule has 2 aromatic carbocycles. The highest BCUT2D eigenvalue weighted by Crippen LogP contribution is 2.34. The van der Waals surface area contributed by atoms with Crippen molar-refractivity contribution in [3.05, 3.63) is 65.0 Å². The molecular weight excluding hydrogens is 376 g/mol. The van der Waals surface area contributed by atoms with Crippen LogP contribution in [-0.4, -0.2) is 37.2 Å². The predicted octanol–water partition coefficient (Wildman–Crippen LogP) is 5.36. The number of rotatable bonds is 6. The third-order valence-electron chi connectivity index (χ3n) is 5.92. The topological polar surface area (TPSA) is 47.7 Å². The van der Waals surface area contributed by atoms with Gasteiger partial charge in [-0.1, -0.05) is 29.8 Å². The van der Waals surface area contributed by atoms with Crippen LogP contribution in [0.5, 0.6) is 11.5 Å². The molecule has 0 amide bonds. The molecule has 1 fully saturated rings. The van der Waals surface area contributed by atoms with Gasteiger partial charge in [0.1, 0.15) is 17.3 Å². The molecule has 1 aliphatic heterocycles. The number of hydrogen-bond donors (Lipinski definition) is 0. The van der Waals surface area contributed by atoms with Crippen LogP contribution in [0.15, 0.2) is 46.9 Å². The minimum Gasteiger partial charge on any atom is -0.497 e. The highest BCUT2D eigenvalue weighted by Gasteiger charge is 2.24. The van der Waals surface area contributed by atoms with Crippen molar-refractivity contribution in [3.63, 3.8) is 0 Å². The summed E-state index contributed by atoms with van der Waals surface area (Å²) in [6.07, 6.45) is 2.45. The molecular formula is C25H30N2O3. The van der Waals surface area contributed by atoms with Crippen molar-refractivity contribution in [3.8, 4) is 23.0 Å². The molecule has 158 valence electrons. The van der Waals surface area contributed by atoms with Gasteiger partial charge in [-0.2, -0.15) is 0 Å². The fraction of sp³-hybridized carbons (Fsp3) is 0.400. The molecule has 5 heteroatoms. The van der Waals surface area contributed by atoms with Crippen LogP contribution < -0.4 is 9.47 Å². The van der Waals surface area contributed by atoms with Crippen molar-refractivity contribution in [2.24, 2.45) is 0 Å². The number of aromatic nitrogens is 1. The Hall–Kier alpha value is -2.79. The summed E-state index contributed by atoms with van der Waals surface area (Å²) in [5.41, 5.74) is 4.60. The first-order valence-corrected chi connectivity index (χ1v) is 10.5. The number of piperidine rings is 1. The monoisotopic (exact) mass is 406 g/mol. The molecule has 0 N–H and O–H groups in total. The number of methoxy groups -OCH3 is 2. The Balaban J connectivity index is 1.51. The molecule has 2 heterocycles. The van der Waals surface area contributed by atoms with Gasteiger partial charge in [0.15, 0.2) is 0 Å². The van der Waals surface area contributed by atoms with Crippen LogP contribution >= 0.6 is 0 Å². The molecule has 3 aromatic rings. The first kappa shape index (κ1) is 20.5. The molecule has 0 saturated carbocycles. The van der Waals surface area contributed by atoms with E-state index in [9.17, 15) is 0 Å². The lowest BCUT2D eigenvalue weighted by Crippen LogP contribution is -2.34. The highest BCUT2D eigenvalue weighted by atomic mass is 16.5. The van der Waals surface area contributed by atoms with Gasteiger partial charge in [-0.15, -0.1) is 0 Å². The lowest BCUT2D eigenvalue weighted by Gasteiger charge is -2.32. The Bertz CT molecular complexity index is 1010. The Kier molecular flexibility index (Phi) is 6.09. The van der Waals surface area contributed by atoms with Gasteiger partial charge in [0, 0.05) is 19.2 Å². The van der Waals surface area contributed by atoms with E-state index in [1.54, 1.807) is 14.2 Å². The number of oxazole rings is 1. The zero-order chi connectivity index (χ0) is 21.1. The zero-order valence-electron chi connectivity index (χ0n) is 18.3. The number of nitrogens with zero attached hydrogens (tertiary/aromatic N) is 2. The quantitative estimate of drug-likeness (QED) is 0.552. The van der Waals surface area contributed by atoms with Crippen molar-refractivity contribution in [2.75, 3.05) is 27.3 Å². The van der Waals surface area contributed by atoms with Crippen LogP contribution in [0.1, 0.15) is 41.3 Å². The van der Waals surface area contributed by atoms with E-state index in [0.29, 0.717) is 17.6 Å². The summed E-state index contributed by atoms with van der Waals surface area (Å²) in [4.78, 5) is 7.32. The van der Waals surface area contributed by atoms with Crippen LogP contribution in [0.3, 0.4) is 0 Å². The molecule has 30 heavy (non-hydrogen) atoms. The fourth-order valence-corrected chi connectivity index (χ4v) is 4.27. The van der Waals surface area contributed by atoms with Gasteiger partial charge in [-0.05, 0) is 56.8 Å². The maximum absolute atomic E-state index is 6.03. The van der Waals surface area contributed by atoms with E-state index < -0.39 is 0 Å². The van der Waals surface area contributed by atoms with Crippen molar-refractivity contribution >= 4 is 0 Å². The maximum atomic E-state index is 6.03. The second kappa shape index (κ2) is 8.92. The Labute approximate surface area is 178 Å². The van der Waals surface area contributed by atoms with Gasteiger partial charge in [-0.3, -0.25) is 4.90 Å². The van der Waals surface area contributed by atoms with Crippen molar-refractivity contribution < 1.29 is 13.9 Å². The van der Waals surface area contributed by atoms with E-state index >= 15 is 0 Å². The second-order valence-corrected chi connectivity index (χ2v) is 8.08. The van der Waals surface area contributed by atoms with E-state index in [1.165, 1.54) is 24.0 Å². The molecule has 0 radical (unpaired) electrons. The summed E-state index contributed by atoms with van der Waals surface area (Å²) in [5.74, 6) is 3.47. The third-order valence-corrected chi connectivity index (χ3v) is 5.92.